The fraction of sp³-hybridized carbons (Fsp3) is 0.714. The minimum Gasteiger partial charge on any atom is -0.481 e. The summed E-state index contributed by atoms with van der Waals surface area (Å²) >= 11 is 0. The van der Waals surface area contributed by atoms with Gasteiger partial charge in [0.2, 0.25) is 5.78 Å². The lowest BCUT2D eigenvalue weighted by Gasteiger charge is -2.62. The number of esters is 1. The number of carboxylic acids is 1. The molecular formula is C28H35FO9. The molecule has 5 rings (SSSR count). The van der Waals surface area contributed by atoms with E-state index in [1.165, 1.54) is 12.2 Å². The van der Waals surface area contributed by atoms with Gasteiger partial charge in [-0.1, -0.05) is 18.6 Å². The van der Waals surface area contributed by atoms with Crippen LogP contribution in [0.4, 0.5) is 4.39 Å². The highest BCUT2D eigenvalue weighted by atomic mass is 19.1. The summed E-state index contributed by atoms with van der Waals surface area (Å²) in [7, 11) is 0. The Kier molecular flexibility index (Phi) is 6.10. The number of ether oxygens (including phenoxy) is 3. The van der Waals surface area contributed by atoms with Crippen molar-refractivity contribution in [2.75, 3.05) is 6.61 Å². The summed E-state index contributed by atoms with van der Waals surface area (Å²) in [5.74, 6) is -4.90. The van der Waals surface area contributed by atoms with Crippen LogP contribution in [0.1, 0.15) is 66.2 Å². The van der Waals surface area contributed by atoms with E-state index in [0.717, 1.165) is 0 Å². The van der Waals surface area contributed by atoms with Crippen molar-refractivity contribution in [2.45, 2.75) is 95.5 Å². The maximum Gasteiger partial charge on any atom is 0.306 e. The van der Waals surface area contributed by atoms with Crippen molar-refractivity contribution in [2.24, 2.45) is 22.7 Å². The van der Waals surface area contributed by atoms with Gasteiger partial charge in [-0.15, -0.1) is 0 Å². The first kappa shape index (κ1) is 27.1. The zero-order valence-electron chi connectivity index (χ0n) is 22.1. The molecule has 1 aliphatic heterocycles. The molecule has 38 heavy (non-hydrogen) atoms. The van der Waals surface area contributed by atoms with Gasteiger partial charge in [0.25, 0.3) is 0 Å². The van der Waals surface area contributed by atoms with Crippen LogP contribution in [0.2, 0.25) is 0 Å². The lowest BCUT2D eigenvalue weighted by atomic mass is 9.44. The van der Waals surface area contributed by atoms with E-state index in [1.54, 1.807) is 26.8 Å². The van der Waals surface area contributed by atoms with Gasteiger partial charge in [-0.05, 0) is 64.5 Å². The number of carboxylic acid groups (broad SMARTS) is 1. The molecule has 3 saturated carbocycles. The average Bonchev–Trinajstić information content (AvgIpc) is 3.23. The number of aliphatic hydroxyl groups excluding tert-OH is 1. The minimum absolute atomic E-state index is 0.0933. The van der Waals surface area contributed by atoms with Gasteiger partial charge >= 0.3 is 11.9 Å². The topological polar surface area (TPSA) is 136 Å². The van der Waals surface area contributed by atoms with Crippen LogP contribution in [0.3, 0.4) is 0 Å². The maximum atomic E-state index is 17.4. The number of halogens is 1. The predicted octanol–water partition coefficient (Wildman–Crippen LogP) is 2.83. The van der Waals surface area contributed by atoms with Gasteiger partial charge in [-0.3, -0.25) is 19.2 Å². The van der Waals surface area contributed by atoms with Crippen molar-refractivity contribution in [1.82, 2.24) is 0 Å². The van der Waals surface area contributed by atoms with Gasteiger partial charge in [-0.2, -0.15) is 0 Å². The normalized spacial score (nSPS) is 44.4. The summed E-state index contributed by atoms with van der Waals surface area (Å²) in [6.45, 7) is 6.26. The Hall–Kier alpha value is -2.43. The number of ketones is 2. The van der Waals surface area contributed by atoms with Crippen LogP contribution < -0.4 is 0 Å². The number of alkyl halides is 1. The second kappa shape index (κ2) is 8.53. The van der Waals surface area contributed by atoms with E-state index in [4.69, 9.17) is 19.3 Å². The van der Waals surface area contributed by atoms with Gasteiger partial charge in [0.05, 0.1) is 25.0 Å². The van der Waals surface area contributed by atoms with Gasteiger partial charge < -0.3 is 24.4 Å². The molecule has 0 aromatic carbocycles. The first-order valence-electron chi connectivity index (χ1n) is 13.2. The summed E-state index contributed by atoms with van der Waals surface area (Å²) < 4.78 is 35.1. The second-order valence-electron chi connectivity index (χ2n) is 12.3. The zero-order valence-corrected chi connectivity index (χ0v) is 22.1. The van der Waals surface area contributed by atoms with Crippen LogP contribution >= 0.6 is 0 Å². The lowest BCUT2D eigenvalue weighted by Crippen LogP contribution is -2.70. The molecule has 0 aromatic rings. The number of hydrogen-bond donors (Lipinski definition) is 2. The van der Waals surface area contributed by atoms with Crippen molar-refractivity contribution in [3.05, 3.63) is 23.8 Å². The maximum absolute atomic E-state index is 17.4. The van der Waals surface area contributed by atoms with Gasteiger partial charge in [-0.25, -0.2) is 4.39 Å². The van der Waals surface area contributed by atoms with Crippen LogP contribution in [-0.4, -0.2) is 69.6 Å². The fourth-order valence-corrected chi connectivity index (χ4v) is 8.34. The second-order valence-corrected chi connectivity index (χ2v) is 12.3. The largest absolute Gasteiger partial charge is 0.481 e. The molecule has 10 heteroatoms. The molecule has 0 spiro atoms. The highest BCUT2D eigenvalue weighted by molar-refractivity contribution is 6.01. The summed E-state index contributed by atoms with van der Waals surface area (Å²) in [6.07, 6.45) is 2.50. The number of Topliss-reactive ketones (excluding diaryl/α,β-unsaturated/α-hetero) is 1. The Labute approximate surface area is 220 Å². The molecule has 5 aliphatic rings. The van der Waals surface area contributed by atoms with Crippen molar-refractivity contribution < 1.29 is 48.0 Å². The summed E-state index contributed by atoms with van der Waals surface area (Å²) in [4.78, 5) is 48.8. The average molecular weight is 535 g/mol. The van der Waals surface area contributed by atoms with E-state index in [1.807, 2.05) is 6.92 Å². The molecule has 0 radical (unpaired) electrons. The van der Waals surface area contributed by atoms with Crippen molar-refractivity contribution in [3.8, 4) is 0 Å². The zero-order chi connectivity index (χ0) is 27.9. The predicted molar refractivity (Wildman–Crippen MR) is 129 cm³/mol. The minimum atomic E-state index is -2.07. The van der Waals surface area contributed by atoms with Crippen LogP contribution in [0.15, 0.2) is 23.8 Å². The molecule has 1 heterocycles. The van der Waals surface area contributed by atoms with Crippen LogP contribution in [-0.2, 0) is 33.4 Å². The van der Waals surface area contributed by atoms with Crippen LogP contribution in [0.25, 0.3) is 0 Å². The van der Waals surface area contributed by atoms with E-state index in [2.05, 4.69) is 0 Å². The molecule has 0 unspecified atom stereocenters. The quantitative estimate of drug-likeness (QED) is 0.493. The highest BCUT2D eigenvalue weighted by Crippen LogP contribution is 2.72. The SMILES string of the molecule is CC1(C)O[C@H]2C[C@@H]3[C@H]4CCC5=CC(=O)C=C[C@]5(C)[C@@]4(F)[C@@H](O)C[C@]3(C)[C@]2(C(=O)COC(=O)CCC(=O)O)O1. The van der Waals surface area contributed by atoms with E-state index in [0.29, 0.717) is 24.8 Å². The molecule has 0 amide bonds. The molecule has 1 saturated heterocycles. The Morgan fingerprint density at radius 3 is 2.55 bits per heavy atom. The number of fused-ring (bicyclic) bond motifs is 7. The third-order valence-corrected chi connectivity index (χ3v) is 9.96. The first-order valence-corrected chi connectivity index (χ1v) is 13.2. The Morgan fingerprint density at radius 1 is 1.16 bits per heavy atom. The summed E-state index contributed by atoms with van der Waals surface area (Å²) in [5.41, 5.74) is -5.20. The molecule has 4 fully saturated rings. The van der Waals surface area contributed by atoms with E-state index >= 15 is 4.39 Å². The number of allylic oxidation sites excluding steroid dienone is 4. The molecule has 0 bridgehead atoms. The molecule has 208 valence electrons. The fourth-order valence-electron chi connectivity index (χ4n) is 8.34. The van der Waals surface area contributed by atoms with Gasteiger partial charge in [0, 0.05) is 16.7 Å². The molecular weight excluding hydrogens is 499 g/mol. The third-order valence-electron chi connectivity index (χ3n) is 9.96. The monoisotopic (exact) mass is 534 g/mol. The van der Waals surface area contributed by atoms with Crippen LogP contribution in [0, 0.1) is 22.7 Å². The number of carbonyl (C=O) groups excluding carboxylic acids is 3. The number of rotatable bonds is 6. The number of aliphatic carboxylic acids is 1. The van der Waals surface area contributed by atoms with E-state index in [9.17, 15) is 24.3 Å². The van der Waals surface area contributed by atoms with Crippen molar-refractivity contribution >= 4 is 23.5 Å². The smallest absolute Gasteiger partial charge is 0.306 e. The lowest BCUT2D eigenvalue weighted by molar-refractivity contribution is -0.246. The summed E-state index contributed by atoms with van der Waals surface area (Å²) in [6, 6.07) is 0. The molecule has 4 aliphatic carbocycles. The molecule has 2 N–H and O–H groups in total. The van der Waals surface area contributed by atoms with E-state index < -0.39 is 82.7 Å². The number of aliphatic hydroxyl groups is 1. The standard InChI is InChI=1S/C28H35FO9/c1-24(2)37-21-12-18-17-6-5-15-11-16(30)9-10-25(15,3)27(17,29)19(31)13-26(18,4)28(21,38-24)20(32)14-36-23(35)8-7-22(33)34/h9-11,17-19,21,31H,5-8,12-14H2,1-4H3,(H,33,34)/t17-,18-,19+,21+,25+,26+,27+,28-/m1/s1. The Balaban J connectivity index is 1.50. The third kappa shape index (κ3) is 3.52. The first-order chi connectivity index (χ1) is 17.6. The van der Waals surface area contributed by atoms with Gasteiger partial charge in [0.15, 0.2) is 29.4 Å². The van der Waals surface area contributed by atoms with Crippen LogP contribution in [0.5, 0.6) is 0 Å². The molecule has 8 atom stereocenters. The Morgan fingerprint density at radius 2 is 1.87 bits per heavy atom. The molecule has 0 aromatic heterocycles. The summed E-state index contributed by atoms with van der Waals surface area (Å²) in [5, 5.41) is 20.4. The van der Waals surface area contributed by atoms with E-state index in [-0.39, 0.29) is 18.6 Å². The van der Waals surface area contributed by atoms with Crippen molar-refractivity contribution in [1.29, 1.82) is 0 Å². The highest BCUT2D eigenvalue weighted by Gasteiger charge is 2.80. The molecule has 9 nitrogen and oxygen atoms in total. The van der Waals surface area contributed by atoms with Crippen molar-refractivity contribution in [3.63, 3.8) is 0 Å². The number of carbonyl (C=O) groups is 4. The van der Waals surface area contributed by atoms with Gasteiger partial charge in [0.1, 0.15) is 0 Å². The number of hydrogen-bond acceptors (Lipinski definition) is 8. The Bertz CT molecular complexity index is 1160.